The Morgan fingerprint density at radius 3 is 2.33 bits per heavy atom. The first kappa shape index (κ1) is 17.3. The predicted octanol–water partition coefficient (Wildman–Crippen LogP) is 2.53. The number of nitrogens with zero attached hydrogens (tertiary/aromatic N) is 2. The molecule has 0 saturated carbocycles. The number of nitrogens with one attached hydrogen (secondary N) is 1. The number of nitro benzene ring substituents is 1. The number of non-ortho nitro benzene ring substituents is 1. The van der Waals surface area contributed by atoms with Crippen molar-refractivity contribution in [1.29, 1.82) is 0 Å². The maximum absolute atomic E-state index is 12.6. The molecule has 1 aromatic carbocycles. The smallest absolute Gasteiger partial charge is 0.269 e. The van der Waals surface area contributed by atoms with Gasteiger partial charge in [0.25, 0.3) is 11.6 Å². The highest BCUT2D eigenvalue weighted by Gasteiger charge is 2.27. The summed E-state index contributed by atoms with van der Waals surface area (Å²) >= 11 is 0. The summed E-state index contributed by atoms with van der Waals surface area (Å²) in [5.41, 5.74) is 0.883. The second-order valence-corrected chi connectivity index (χ2v) is 5.68. The molecule has 2 rings (SSSR count). The second kappa shape index (κ2) is 7.03. The monoisotopic (exact) mass is 331 g/mol. The molecule has 0 saturated heterocycles. The Morgan fingerprint density at radius 2 is 1.88 bits per heavy atom. The largest absolute Gasteiger partial charge is 0.364 e. The predicted molar refractivity (Wildman–Crippen MR) is 84.8 cm³/mol. The molecule has 1 atom stereocenters. The summed E-state index contributed by atoms with van der Waals surface area (Å²) in [6.45, 7) is 5.23. The Labute approximate surface area is 138 Å². The molecule has 1 heterocycles. The van der Waals surface area contributed by atoms with Crippen LogP contribution in [0.3, 0.4) is 0 Å². The Morgan fingerprint density at radius 1 is 1.25 bits per heavy atom. The fourth-order valence-electron chi connectivity index (χ4n) is 2.19. The van der Waals surface area contributed by atoms with E-state index < -0.39 is 16.9 Å². The number of aromatic nitrogens is 1. The van der Waals surface area contributed by atoms with Crippen LogP contribution in [0.5, 0.6) is 0 Å². The number of benzene rings is 1. The van der Waals surface area contributed by atoms with Crippen LogP contribution in [-0.2, 0) is 0 Å². The molecule has 2 aromatic rings. The molecule has 0 aliphatic carbocycles. The van der Waals surface area contributed by atoms with Gasteiger partial charge in [0.05, 0.1) is 16.7 Å². The average Bonchev–Trinajstić information content (AvgIpc) is 2.97. The zero-order valence-electron chi connectivity index (χ0n) is 13.5. The molecule has 1 unspecified atom stereocenters. The minimum absolute atomic E-state index is 0.100. The Hall–Kier alpha value is -3.03. The van der Waals surface area contributed by atoms with E-state index in [1.807, 2.05) is 0 Å². The first-order valence-electron chi connectivity index (χ1n) is 7.31. The summed E-state index contributed by atoms with van der Waals surface area (Å²) in [6.07, 6.45) is 1.22. The quantitative estimate of drug-likeness (QED) is 0.494. The lowest BCUT2D eigenvalue weighted by atomic mass is 9.94. The van der Waals surface area contributed by atoms with Crippen molar-refractivity contribution >= 4 is 17.4 Å². The molecule has 1 N–H and O–H groups in total. The summed E-state index contributed by atoms with van der Waals surface area (Å²) in [5.74, 6) is -0.943. The number of carbonyl (C=O) groups excluding carboxylic acids is 2. The number of hydrogen-bond acceptors (Lipinski definition) is 6. The van der Waals surface area contributed by atoms with E-state index in [1.165, 1.54) is 30.5 Å². The standard InChI is InChI=1S/C16H17N3O5/c1-9(2)14(17-16(21)13-8-24-18-10(13)3)15(20)11-4-6-12(7-5-11)19(22)23/h4-9,14H,1-3H3,(H,17,21). The number of ketones is 1. The van der Waals surface area contributed by atoms with Crippen LogP contribution in [0.1, 0.15) is 40.3 Å². The molecule has 0 bridgehead atoms. The van der Waals surface area contributed by atoms with Crippen LogP contribution in [0.2, 0.25) is 0 Å². The minimum Gasteiger partial charge on any atom is -0.364 e. The van der Waals surface area contributed by atoms with Gasteiger partial charge >= 0.3 is 0 Å². The van der Waals surface area contributed by atoms with Crippen LogP contribution in [0.25, 0.3) is 0 Å². The van der Waals surface area contributed by atoms with Gasteiger partial charge in [-0.25, -0.2) is 0 Å². The molecular weight excluding hydrogens is 314 g/mol. The number of amides is 1. The van der Waals surface area contributed by atoms with E-state index in [-0.39, 0.29) is 23.0 Å². The van der Waals surface area contributed by atoms with Gasteiger partial charge < -0.3 is 9.84 Å². The van der Waals surface area contributed by atoms with E-state index in [0.29, 0.717) is 11.3 Å². The summed E-state index contributed by atoms with van der Waals surface area (Å²) in [5, 5.41) is 17.0. The normalized spacial score (nSPS) is 12.0. The maximum atomic E-state index is 12.6. The van der Waals surface area contributed by atoms with Crippen molar-refractivity contribution in [3.8, 4) is 0 Å². The molecule has 1 amide bonds. The lowest BCUT2D eigenvalue weighted by Crippen LogP contribution is -2.44. The third kappa shape index (κ3) is 3.65. The van der Waals surface area contributed by atoms with E-state index >= 15 is 0 Å². The SMILES string of the molecule is Cc1nocc1C(=O)NC(C(=O)c1ccc([N+](=O)[O-])cc1)C(C)C. The van der Waals surface area contributed by atoms with Crippen LogP contribution in [0.4, 0.5) is 5.69 Å². The van der Waals surface area contributed by atoms with Gasteiger partial charge in [-0.1, -0.05) is 19.0 Å². The zero-order chi connectivity index (χ0) is 17.9. The lowest BCUT2D eigenvalue weighted by Gasteiger charge is -2.21. The molecule has 8 heteroatoms. The van der Waals surface area contributed by atoms with Gasteiger partial charge in [-0.15, -0.1) is 0 Å². The molecule has 0 radical (unpaired) electrons. The summed E-state index contributed by atoms with van der Waals surface area (Å²) < 4.78 is 4.73. The molecule has 0 aliphatic heterocycles. The first-order valence-corrected chi connectivity index (χ1v) is 7.31. The van der Waals surface area contributed by atoms with Crippen molar-refractivity contribution < 1.29 is 19.0 Å². The maximum Gasteiger partial charge on any atom is 0.269 e. The van der Waals surface area contributed by atoms with Gasteiger partial charge in [-0.05, 0) is 25.0 Å². The van der Waals surface area contributed by atoms with Crippen LogP contribution in [0, 0.1) is 23.0 Å². The van der Waals surface area contributed by atoms with Crippen molar-refractivity contribution in [2.75, 3.05) is 0 Å². The minimum atomic E-state index is -0.770. The summed E-state index contributed by atoms with van der Waals surface area (Å²) in [7, 11) is 0. The van der Waals surface area contributed by atoms with E-state index in [0.717, 1.165) is 0 Å². The Balaban J connectivity index is 2.20. The van der Waals surface area contributed by atoms with Gasteiger partial charge in [0.1, 0.15) is 11.8 Å². The molecule has 126 valence electrons. The van der Waals surface area contributed by atoms with Gasteiger partial charge in [0, 0.05) is 17.7 Å². The molecule has 0 spiro atoms. The van der Waals surface area contributed by atoms with Crippen molar-refractivity contribution in [2.45, 2.75) is 26.8 Å². The van der Waals surface area contributed by atoms with Crippen molar-refractivity contribution in [2.24, 2.45) is 5.92 Å². The molecular formula is C16H17N3O5. The second-order valence-electron chi connectivity index (χ2n) is 5.68. The van der Waals surface area contributed by atoms with E-state index in [1.54, 1.807) is 20.8 Å². The number of hydrogen-bond donors (Lipinski definition) is 1. The van der Waals surface area contributed by atoms with Crippen LogP contribution in [0.15, 0.2) is 35.1 Å². The zero-order valence-corrected chi connectivity index (χ0v) is 13.5. The van der Waals surface area contributed by atoms with E-state index in [9.17, 15) is 19.7 Å². The highest BCUT2D eigenvalue weighted by atomic mass is 16.6. The number of carbonyl (C=O) groups is 2. The third-order valence-corrected chi connectivity index (χ3v) is 3.59. The van der Waals surface area contributed by atoms with Crippen molar-refractivity contribution in [3.63, 3.8) is 0 Å². The first-order chi connectivity index (χ1) is 11.3. The topological polar surface area (TPSA) is 115 Å². The average molecular weight is 331 g/mol. The Bertz CT molecular complexity index is 764. The molecule has 24 heavy (non-hydrogen) atoms. The number of aryl methyl sites for hydroxylation is 1. The number of nitro groups is 1. The summed E-state index contributed by atoms with van der Waals surface area (Å²) in [6, 6.07) is 4.51. The fraction of sp³-hybridized carbons (Fsp3) is 0.312. The fourth-order valence-corrected chi connectivity index (χ4v) is 2.19. The van der Waals surface area contributed by atoms with Crippen LogP contribution < -0.4 is 5.32 Å². The highest BCUT2D eigenvalue weighted by molar-refractivity contribution is 6.04. The third-order valence-electron chi connectivity index (χ3n) is 3.59. The molecule has 8 nitrogen and oxygen atoms in total. The Kier molecular flexibility index (Phi) is 5.08. The van der Waals surface area contributed by atoms with E-state index in [2.05, 4.69) is 10.5 Å². The van der Waals surface area contributed by atoms with E-state index in [4.69, 9.17) is 4.52 Å². The highest BCUT2D eigenvalue weighted by Crippen LogP contribution is 2.16. The number of Topliss-reactive ketones (excluding diaryl/α,β-unsaturated/α-hetero) is 1. The van der Waals surface area contributed by atoms with Crippen molar-refractivity contribution in [1.82, 2.24) is 10.5 Å². The number of rotatable bonds is 6. The molecule has 1 aromatic heterocycles. The van der Waals surface area contributed by atoms with Gasteiger partial charge in [0.2, 0.25) is 0 Å². The van der Waals surface area contributed by atoms with Crippen LogP contribution in [-0.4, -0.2) is 27.8 Å². The van der Waals surface area contributed by atoms with Gasteiger partial charge in [0.15, 0.2) is 5.78 Å². The summed E-state index contributed by atoms with van der Waals surface area (Å²) in [4.78, 5) is 35.0. The molecule has 0 aliphatic rings. The van der Waals surface area contributed by atoms with Gasteiger partial charge in [-0.2, -0.15) is 0 Å². The lowest BCUT2D eigenvalue weighted by molar-refractivity contribution is -0.384. The van der Waals surface area contributed by atoms with Crippen molar-refractivity contribution in [3.05, 3.63) is 57.5 Å². The van der Waals surface area contributed by atoms with Gasteiger partial charge in [-0.3, -0.25) is 19.7 Å². The molecule has 0 fully saturated rings. The van der Waals surface area contributed by atoms with Crippen LogP contribution >= 0.6 is 0 Å².